The zero-order chi connectivity index (χ0) is 30.7. The molecule has 3 aromatic rings. The van der Waals surface area contributed by atoms with Crippen LogP contribution in [0.1, 0.15) is 69.6 Å². The van der Waals surface area contributed by atoms with E-state index >= 15 is 0 Å². The van der Waals surface area contributed by atoms with Crippen LogP contribution in [0.2, 0.25) is 0 Å². The van der Waals surface area contributed by atoms with Crippen molar-refractivity contribution in [1.82, 2.24) is 30.0 Å². The molecule has 43 heavy (non-hydrogen) atoms. The van der Waals surface area contributed by atoms with Gasteiger partial charge in [-0.15, -0.1) is 10.2 Å². The quantitative estimate of drug-likeness (QED) is 0.322. The standard InChI is InChI=1S/C31H41F2N7O3/c1-6-8-27-36-37-30(43-27)26-16-34-29(20(4)35-26)39-18-22(7-2)40(17-19(39)3)23-11-13-38(14-12-23)28(31(41)42-5)21-9-10-24(32)25(33)15-21/h9-10,15-16,19,22-23,28H,6-8,11-14,17-18H2,1-5H3/t19-,22+,28?/m1/s1. The van der Waals surface area contributed by atoms with Crippen molar-refractivity contribution in [2.75, 3.05) is 38.2 Å². The molecular formula is C31H41F2N7O3. The predicted octanol–water partition coefficient (Wildman–Crippen LogP) is 4.73. The Morgan fingerprint density at radius 3 is 2.56 bits per heavy atom. The average Bonchev–Trinajstić information content (AvgIpc) is 3.48. The van der Waals surface area contributed by atoms with E-state index in [1.807, 2.05) is 11.8 Å². The fourth-order valence-electron chi connectivity index (χ4n) is 6.47. The van der Waals surface area contributed by atoms with Crippen LogP contribution >= 0.6 is 0 Å². The molecule has 0 radical (unpaired) electrons. The van der Waals surface area contributed by atoms with Gasteiger partial charge < -0.3 is 14.1 Å². The molecule has 1 unspecified atom stereocenters. The van der Waals surface area contributed by atoms with Gasteiger partial charge in [0, 0.05) is 50.7 Å². The lowest BCUT2D eigenvalue weighted by Gasteiger charge is -2.51. The molecule has 2 saturated heterocycles. The number of nitrogens with zero attached hydrogens (tertiary/aromatic N) is 7. The summed E-state index contributed by atoms with van der Waals surface area (Å²) in [6.07, 6.45) is 6.08. The van der Waals surface area contributed by atoms with E-state index in [0.29, 0.717) is 48.2 Å². The van der Waals surface area contributed by atoms with E-state index in [-0.39, 0.29) is 6.04 Å². The number of ether oxygens (including phenoxy) is 1. The number of rotatable bonds is 9. The molecule has 0 saturated carbocycles. The lowest BCUT2D eigenvalue weighted by Crippen LogP contribution is -2.62. The minimum Gasteiger partial charge on any atom is -0.468 e. The van der Waals surface area contributed by atoms with Crippen molar-refractivity contribution in [3.63, 3.8) is 0 Å². The van der Waals surface area contributed by atoms with Gasteiger partial charge >= 0.3 is 5.97 Å². The molecule has 0 bridgehead atoms. The molecular weight excluding hydrogens is 556 g/mol. The van der Waals surface area contributed by atoms with E-state index in [2.05, 4.69) is 40.8 Å². The second-order valence-electron chi connectivity index (χ2n) is 11.5. The molecule has 232 valence electrons. The number of benzene rings is 1. The minimum absolute atomic E-state index is 0.212. The van der Waals surface area contributed by atoms with E-state index in [9.17, 15) is 13.6 Å². The van der Waals surface area contributed by atoms with Gasteiger partial charge in [0.15, 0.2) is 11.6 Å². The highest BCUT2D eigenvalue weighted by molar-refractivity contribution is 5.77. The summed E-state index contributed by atoms with van der Waals surface area (Å²) in [7, 11) is 1.32. The van der Waals surface area contributed by atoms with E-state index < -0.39 is 23.6 Å². The van der Waals surface area contributed by atoms with E-state index in [4.69, 9.17) is 19.1 Å². The van der Waals surface area contributed by atoms with Crippen molar-refractivity contribution >= 4 is 11.8 Å². The van der Waals surface area contributed by atoms with Crippen LogP contribution in [0.5, 0.6) is 0 Å². The fourth-order valence-corrected chi connectivity index (χ4v) is 6.47. The van der Waals surface area contributed by atoms with Crippen LogP contribution in [0.15, 0.2) is 28.8 Å². The summed E-state index contributed by atoms with van der Waals surface area (Å²) >= 11 is 0. The first-order valence-corrected chi connectivity index (χ1v) is 15.2. The van der Waals surface area contributed by atoms with Crippen LogP contribution in [-0.4, -0.2) is 87.3 Å². The molecule has 2 aromatic heterocycles. The van der Waals surface area contributed by atoms with Crippen molar-refractivity contribution in [3.05, 3.63) is 53.2 Å². The van der Waals surface area contributed by atoms with E-state index in [0.717, 1.165) is 68.8 Å². The summed E-state index contributed by atoms with van der Waals surface area (Å²) in [6.45, 7) is 11.5. The highest BCUT2D eigenvalue weighted by Crippen LogP contribution is 2.33. The number of aromatic nitrogens is 4. The molecule has 2 aliphatic rings. The number of anilines is 1. The largest absolute Gasteiger partial charge is 0.468 e. The van der Waals surface area contributed by atoms with Crippen LogP contribution in [0.3, 0.4) is 0 Å². The minimum atomic E-state index is -0.968. The maximum Gasteiger partial charge on any atom is 0.327 e. The Morgan fingerprint density at radius 2 is 1.91 bits per heavy atom. The first kappa shape index (κ1) is 30.9. The highest BCUT2D eigenvalue weighted by atomic mass is 19.2. The number of hydrogen-bond donors (Lipinski definition) is 0. The smallest absolute Gasteiger partial charge is 0.327 e. The summed E-state index contributed by atoms with van der Waals surface area (Å²) in [5, 5.41) is 8.25. The van der Waals surface area contributed by atoms with Gasteiger partial charge in [0.2, 0.25) is 5.89 Å². The molecule has 3 atom stereocenters. The van der Waals surface area contributed by atoms with Crippen LogP contribution < -0.4 is 4.90 Å². The number of esters is 1. The monoisotopic (exact) mass is 597 g/mol. The van der Waals surface area contributed by atoms with Gasteiger partial charge in [-0.3, -0.25) is 9.80 Å². The van der Waals surface area contributed by atoms with Crippen molar-refractivity contribution < 1.29 is 22.7 Å². The van der Waals surface area contributed by atoms with Crippen molar-refractivity contribution in [2.24, 2.45) is 0 Å². The Bertz CT molecular complexity index is 1410. The van der Waals surface area contributed by atoms with E-state index in [1.54, 1.807) is 6.20 Å². The van der Waals surface area contributed by atoms with Gasteiger partial charge in [0.25, 0.3) is 5.89 Å². The zero-order valence-electron chi connectivity index (χ0n) is 25.6. The molecule has 10 nitrogen and oxygen atoms in total. The maximum atomic E-state index is 14.0. The summed E-state index contributed by atoms with van der Waals surface area (Å²) < 4.78 is 38.4. The lowest BCUT2D eigenvalue weighted by atomic mass is 9.94. The number of likely N-dealkylation sites (tertiary alicyclic amines) is 1. The zero-order valence-corrected chi connectivity index (χ0v) is 25.6. The summed E-state index contributed by atoms with van der Waals surface area (Å²) in [6, 6.07) is 3.73. The third-order valence-electron chi connectivity index (χ3n) is 8.71. The second-order valence-corrected chi connectivity index (χ2v) is 11.5. The highest BCUT2D eigenvalue weighted by Gasteiger charge is 2.39. The second kappa shape index (κ2) is 13.4. The number of carbonyl (C=O) groups is 1. The number of piperazine rings is 1. The maximum absolute atomic E-state index is 14.0. The molecule has 4 heterocycles. The molecule has 5 rings (SSSR count). The summed E-state index contributed by atoms with van der Waals surface area (Å²) in [5.41, 5.74) is 1.80. The van der Waals surface area contributed by atoms with Gasteiger partial charge in [0.1, 0.15) is 17.6 Å². The third-order valence-corrected chi connectivity index (χ3v) is 8.71. The first-order valence-electron chi connectivity index (χ1n) is 15.2. The number of carbonyl (C=O) groups excluding carboxylic acids is 1. The van der Waals surface area contributed by atoms with Gasteiger partial charge in [-0.2, -0.15) is 0 Å². The Morgan fingerprint density at radius 1 is 1.14 bits per heavy atom. The van der Waals surface area contributed by atoms with Crippen LogP contribution in [0.25, 0.3) is 11.6 Å². The number of hydrogen-bond acceptors (Lipinski definition) is 10. The SMILES string of the molecule is CCCc1nnc(-c2cnc(N3C[C@H](CC)N(C4CCN(C(C(=O)OC)c5ccc(F)c(F)c5)CC4)C[C@H]3C)c(C)n2)o1. The van der Waals surface area contributed by atoms with Crippen molar-refractivity contribution in [3.8, 4) is 11.6 Å². The number of piperidine rings is 1. The van der Waals surface area contributed by atoms with Crippen molar-refractivity contribution in [2.45, 2.75) is 84.0 Å². The molecule has 0 aliphatic carbocycles. The predicted molar refractivity (Wildman–Crippen MR) is 157 cm³/mol. The Kier molecular flexibility index (Phi) is 9.65. The first-order chi connectivity index (χ1) is 20.7. The Hall–Kier alpha value is -3.51. The Balaban J connectivity index is 1.26. The van der Waals surface area contributed by atoms with E-state index in [1.165, 1.54) is 13.2 Å². The van der Waals surface area contributed by atoms with Gasteiger partial charge in [0.05, 0.1) is 19.0 Å². The number of halogens is 2. The summed E-state index contributed by atoms with van der Waals surface area (Å²) in [4.78, 5) is 29.3. The van der Waals surface area contributed by atoms with Gasteiger partial charge in [-0.05, 0) is 57.2 Å². The summed E-state index contributed by atoms with van der Waals surface area (Å²) in [5.74, 6) is -0.516. The molecule has 1 aromatic carbocycles. The molecule has 0 spiro atoms. The topological polar surface area (TPSA) is 101 Å². The molecule has 12 heteroatoms. The molecule has 2 aliphatic heterocycles. The number of aryl methyl sites for hydroxylation is 2. The normalized spacial score (nSPS) is 21.2. The third kappa shape index (κ3) is 6.54. The van der Waals surface area contributed by atoms with Gasteiger partial charge in [-0.1, -0.05) is 19.9 Å². The number of methoxy groups -OCH3 is 1. The fraction of sp³-hybridized carbons (Fsp3) is 0.581. The average molecular weight is 598 g/mol. The molecule has 2 fully saturated rings. The lowest BCUT2D eigenvalue weighted by molar-refractivity contribution is -0.148. The van der Waals surface area contributed by atoms with Crippen LogP contribution in [0, 0.1) is 18.6 Å². The molecule has 0 amide bonds. The van der Waals surface area contributed by atoms with Crippen molar-refractivity contribution in [1.29, 1.82) is 0 Å². The molecule has 0 N–H and O–H groups in total. The van der Waals surface area contributed by atoms with Crippen LogP contribution in [0.4, 0.5) is 14.6 Å². The van der Waals surface area contributed by atoms with Gasteiger partial charge in [-0.25, -0.2) is 23.5 Å². The Labute approximate surface area is 251 Å². The van der Waals surface area contributed by atoms with Crippen LogP contribution in [-0.2, 0) is 16.0 Å².